The van der Waals surface area contributed by atoms with E-state index in [1.165, 1.54) is 44.9 Å². The first-order valence-electron chi connectivity index (χ1n) is 8.65. The maximum Gasteiger partial charge on any atom is 0.169 e. The molecular weight excluding hydrogens is 264 g/mol. The Morgan fingerprint density at radius 1 is 0.857 bits per heavy atom. The van der Waals surface area contributed by atoms with Crippen molar-refractivity contribution in [1.82, 2.24) is 0 Å². The Kier molecular flexibility index (Phi) is 9.04. The van der Waals surface area contributed by atoms with Crippen molar-refractivity contribution in [3.63, 3.8) is 0 Å². The molecule has 1 fully saturated rings. The van der Waals surface area contributed by atoms with Gasteiger partial charge in [-0.1, -0.05) is 58.3 Å². The monoisotopic (exact) mass is 294 g/mol. The number of hydrogen-bond donors (Lipinski definition) is 1. The van der Waals surface area contributed by atoms with E-state index in [0.29, 0.717) is 25.7 Å². The summed E-state index contributed by atoms with van der Waals surface area (Å²) in [5, 5.41) is 9.95. The van der Waals surface area contributed by atoms with Crippen LogP contribution in [0.4, 0.5) is 0 Å². The Labute approximate surface area is 128 Å². The molecule has 0 atom stereocenters. The van der Waals surface area contributed by atoms with Gasteiger partial charge < -0.3 is 5.11 Å². The SMILES string of the molecule is CCCCCCCCCCCC(O)=C1C(=O)CCCC1=O. The first-order chi connectivity index (χ1) is 10.2. The molecule has 0 aromatic carbocycles. The molecule has 0 saturated heterocycles. The van der Waals surface area contributed by atoms with Crippen molar-refractivity contribution in [2.45, 2.75) is 90.4 Å². The predicted molar refractivity (Wildman–Crippen MR) is 85.4 cm³/mol. The van der Waals surface area contributed by atoms with E-state index in [4.69, 9.17) is 0 Å². The lowest BCUT2D eigenvalue weighted by atomic mass is 9.90. The Bertz CT molecular complexity index is 351. The van der Waals surface area contributed by atoms with Crippen LogP contribution < -0.4 is 0 Å². The van der Waals surface area contributed by atoms with Crippen molar-refractivity contribution in [2.75, 3.05) is 0 Å². The van der Waals surface area contributed by atoms with E-state index in [2.05, 4.69) is 6.92 Å². The van der Waals surface area contributed by atoms with Gasteiger partial charge in [-0.25, -0.2) is 0 Å². The number of hydrogen-bond acceptors (Lipinski definition) is 3. The summed E-state index contributed by atoms with van der Waals surface area (Å²) in [6.07, 6.45) is 12.9. The molecule has 1 aliphatic carbocycles. The lowest BCUT2D eigenvalue weighted by Crippen LogP contribution is -2.20. The van der Waals surface area contributed by atoms with Gasteiger partial charge in [-0.15, -0.1) is 0 Å². The average Bonchev–Trinajstić information content (AvgIpc) is 2.45. The van der Waals surface area contributed by atoms with Crippen LogP contribution in [0.15, 0.2) is 11.3 Å². The van der Waals surface area contributed by atoms with Gasteiger partial charge in [-0.05, 0) is 12.8 Å². The number of rotatable bonds is 10. The van der Waals surface area contributed by atoms with Crippen molar-refractivity contribution in [1.29, 1.82) is 0 Å². The molecule has 1 rings (SSSR count). The van der Waals surface area contributed by atoms with Crippen LogP contribution in [0.2, 0.25) is 0 Å². The molecule has 0 unspecified atom stereocenters. The molecule has 1 N–H and O–H groups in total. The summed E-state index contributed by atoms with van der Waals surface area (Å²) in [7, 11) is 0. The molecule has 21 heavy (non-hydrogen) atoms. The summed E-state index contributed by atoms with van der Waals surface area (Å²) in [6, 6.07) is 0. The standard InChI is InChI=1S/C18H30O3/c1-2-3-4-5-6-7-8-9-10-12-15(19)18-16(20)13-11-14-17(18)21/h19H,2-14H2,1H3. The summed E-state index contributed by atoms with van der Waals surface area (Å²) in [4.78, 5) is 23.3. The van der Waals surface area contributed by atoms with Crippen molar-refractivity contribution in [3.05, 3.63) is 11.3 Å². The highest BCUT2D eigenvalue weighted by Crippen LogP contribution is 2.22. The Morgan fingerprint density at radius 3 is 1.86 bits per heavy atom. The number of allylic oxidation sites excluding steroid dienone is 2. The van der Waals surface area contributed by atoms with Gasteiger partial charge >= 0.3 is 0 Å². The number of aliphatic hydroxyl groups excluding tert-OH is 1. The van der Waals surface area contributed by atoms with Gasteiger partial charge in [0.25, 0.3) is 0 Å². The van der Waals surface area contributed by atoms with Crippen molar-refractivity contribution in [2.24, 2.45) is 0 Å². The summed E-state index contributed by atoms with van der Waals surface area (Å²) in [5.74, 6) is -0.299. The fraction of sp³-hybridized carbons (Fsp3) is 0.778. The first-order valence-corrected chi connectivity index (χ1v) is 8.65. The molecule has 0 aromatic heterocycles. The van der Waals surface area contributed by atoms with Crippen molar-refractivity contribution < 1.29 is 14.7 Å². The normalized spacial score (nSPS) is 15.6. The Hall–Kier alpha value is -1.12. The zero-order valence-electron chi connectivity index (χ0n) is 13.5. The van der Waals surface area contributed by atoms with Crippen molar-refractivity contribution in [3.8, 4) is 0 Å². The zero-order chi connectivity index (χ0) is 15.5. The van der Waals surface area contributed by atoms with Crippen LogP contribution >= 0.6 is 0 Å². The molecular formula is C18H30O3. The molecule has 0 bridgehead atoms. The van der Waals surface area contributed by atoms with Crippen LogP contribution in [0, 0.1) is 0 Å². The minimum Gasteiger partial charge on any atom is -0.511 e. The van der Waals surface area contributed by atoms with E-state index in [0.717, 1.165) is 12.8 Å². The molecule has 120 valence electrons. The van der Waals surface area contributed by atoms with Crippen LogP contribution in [0.3, 0.4) is 0 Å². The lowest BCUT2D eigenvalue weighted by molar-refractivity contribution is -0.124. The van der Waals surface area contributed by atoms with Gasteiger partial charge in [0.15, 0.2) is 11.6 Å². The summed E-state index contributed by atoms with van der Waals surface area (Å²) < 4.78 is 0. The molecule has 1 saturated carbocycles. The second kappa shape index (κ2) is 10.6. The number of carbonyl (C=O) groups is 2. The van der Waals surface area contributed by atoms with E-state index in [-0.39, 0.29) is 22.9 Å². The van der Waals surface area contributed by atoms with Crippen LogP contribution in [0.5, 0.6) is 0 Å². The van der Waals surface area contributed by atoms with Gasteiger partial charge in [-0.3, -0.25) is 9.59 Å². The Balaban J connectivity index is 2.14. The third-order valence-electron chi connectivity index (χ3n) is 4.17. The second-order valence-corrected chi connectivity index (χ2v) is 6.10. The third kappa shape index (κ3) is 6.92. The molecule has 0 aliphatic heterocycles. The minimum atomic E-state index is -0.167. The predicted octanol–water partition coefficient (Wildman–Crippen LogP) is 5.04. The average molecular weight is 294 g/mol. The van der Waals surface area contributed by atoms with E-state index < -0.39 is 0 Å². The maximum absolute atomic E-state index is 11.7. The summed E-state index contributed by atoms with van der Waals surface area (Å²) in [6.45, 7) is 2.22. The molecule has 0 aromatic rings. The van der Waals surface area contributed by atoms with E-state index in [1.807, 2.05) is 0 Å². The fourth-order valence-corrected chi connectivity index (χ4v) is 2.86. The van der Waals surface area contributed by atoms with Gasteiger partial charge in [0.2, 0.25) is 0 Å². The minimum absolute atomic E-state index is 0.0349. The molecule has 0 radical (unpaired) electrons. The highest BCUT2D eigenvalue weighted by Gasteiger charge is 2.26. The molecule has 0 amide bonds. The van der Waals surface area contributed by atoms with Gasteiger partial charge in [0.1, 0.15) is 5.76 Å². The van der Waals surface area contributed by atoms with E-state index in [9.17, 15) is 14.7 Å². The van der Waals surface area contributed by atoms with E-state index in [1.54, 1.807) is 0 Å². The second-order valence-electron chi connectivity index (χ2n) is 6.10. The maximum atomic E-state index is 11.7. The van der Waals surface area contributed by atoms with Gasteiger partial charge in [-0.2, -0.15) is 0 Å². The topological polar surface area (TPSA) is 54.4 Å². The first kappa shape index (κ1) is 17.9. The zero-order valence-corrected chi connectivity index (χ0v) is 13.5. The Morgan fingerprint density at radius 2 is 1.33 bits per heavy atom. The van der Waals surface area contributed by atoms with Crippen LogP contribution in [-0.4, -0.2) is 16.7 Å². The number of aliphatic hydroxyl groups is 1. The number of Topliss-reactive ketones (excluding diaryl/α,β-unsaturated/α-hetero) is 2. The quantitative estimate of drug-likeness (QED) is 0.266. The molecule has 0 heterocycles. The molecule has 3 heteroatoms. The fourth-order valence-electron chi connectivity index (χ4n) is 2.86. The smallest absolute Gasteiger partial charge is 0.169 e. The van der Waals surface area contributed by atoms with Gasteiger partial charge in [0, 0.05) is 19.3 Å². The third-order valence-corrected chi connectivity index (χ3v) is 4.17. The van der Waals surface area contributed by atoms with E-state index >= 15 is 0 Å². The van der Waals surface area contributed by atoms with Crippen LogP contribution in [0.25, 0.3) is 0 Å². The van der Waals surface area contributed by atoms with Gasteiger partial charge in [0.05, 0.1) is 5.57 Å². The number of ketones is 2. The summed E-state index contributed by atoms with van der Waals surface area (Å²) >= 11 is 0. The highest BCUT2D eigenvalue weighted by molar-refractivity contribution is 6.21. The summed E-state index contributed by atoms with van der Waals surface area (Å²) in [5.41, 5.74) is 0.0980. The number of carbonyl (C=O) groups excluding carboxylic acids is 2. The van der Waals surface area contributed by atoms with Crippen LogP contribution in [-0.2, 0) is 9.59 Å². The largest absolute Gasteiger partial charge is 0.511 e. The van der Waals surface area contributed by atoms with Crippen LogP contribution in [0.1, 0.15) is 90.4 Å². The lowest BCUT2D eigenvalue weighted by Gasteiger charge is -2.13. The molecule has 0 spiro atoms. The molecule has 3 nitrogen and oxygen atoms in total. The molecule has 1 aliphatic rings. The van der Waals surface area contributed by atoms with Crippen molar-refractivity contribution >= 4 is 11.6 Å². The highest BCUT2D eigenvalue weighted by atomic mass is 16.3. The number of unbranched alkanes of at least 4 members (excludes halogenated alkanes) is 8.